The summed E-state index contributed by atoms with van der Waals surface area (Å²) in [6.45, 7) is 1.87. The van der Waals surface area contributed by atoms with Crippen LogP contribution >= 0.6 is 11.6 Å². The molecule has 0 saturated carbocycles. The molecular formula is C16H17ClN4O2. The number of anilines is 1. The highest BCUT2D eigenvalue weighted by Crippen LogP contribution is 2.21. The Morgan fingerprint density at radius 2 is 1.87 bits per heavy atom. The van der Waals surface area contributed by atoms with Gasteiger partial charge in [0.1, 0.15) is 0 Å². The predicted octanol–water partition coefficient (Wildman–Crippen LogP) is 2.98. The second kappa shape index (κ2) is 7.60. The highest BCUT2D eigenvalue weighted by atomic mass is 35.5. The molecule has 120 valence electrons. The Bertz CT molecular complexity index is 706. The number of hydrogen-bond acceptors (Lipinski definition) is 3. The number of nitrogens with zero attached hydrogens (tertiary/aromatic N) is 1. The lowest BCUT2D eigenvalue weighted by molar-refractivity contribution is 0.0963. The Labute approximate surface area is 139 Å². The van der Waals surface area contributed by atoms with Crippen LogP contribution in [-0.4, -0.2) is 24.0 Å². The van der Waals surface area contributed by atoms with Crippen molar-refractivity contribution in [1.29, 1.82) is 0 Å². The van der Waals surface area contributed by atoms with E-state index in [0.29, 0.717) is 11.3 Å². The number of amides is 3. The van der Waals surface area contributed by atoms with Crippen molar-refractivity contribution in [3.8, 4) is 0 Å². The van der Waals surface area contributed by atoms with Crippen LogP contribution in [0.1, 0.15) is 28.9 Å². The Morgan fingerprint density at radius 3 is 2.48 bits per heavy atom. The lowest BCUT2D eigenvalue weighted by Gasteiger charge is -2.15. The van der Waals surface area contributed by atoms with Gasteiger partial charge in [-0.3, -0.25) is 9.78 Å². The molecule has 0 spiro atoms. The molecule has 1 aromatic heterocycles. The smallest absolute Gasteiger partial charge is 0.319 e. The highest BCUT2D eigenvalue weighted by Gasteiger charge is 2.12. The third kappa shape index (κ3) is 4.43. The minimum atomic E-state index is -0.363. The van der Waals surface area contributed by atoms with Crippen molar-refractivity contribution in [1.82, 2.24) is 15.6 Å². The summed E-state index contributed by atoms with van der Waals surface area (Å²) >= 11 is 6.05. The van der Waals surface area contributed by atoms with E-state index < -0.39 is 0 Å². The van der Waals surface area contributed by atoms with Gasteiger partial charge in [-0.2, -0.15) is 0 Å². The quantitative estimate of drug-likeness (QED) is 0.805. The number of halogens is 1. The summed E-state index contributed by atoms with van der Waals surface area (Å²) in [5.41, 5.74) is 1.80. The number of carbonyl (C=O) groups is 2. The zero-order valence-electron chi connectivity index (χ0n) is 12.8. The van der Waals surface area contributed by atoms with Crippen LogP contribution in [-0.2, 0) is 0 Å². The van der Waals surface area contributed by atoms with E-state index in [2.05, 4.69) is 20.9 Å². The van der Waals surface area contributed by atoms with E-state index >= 15 is 0 Å². The molecule has 2 rings (SSSR count). The van der Waals surface area contributed by atoms with Crippen molar-refractivity contribution in [3.05, 3.63) is 58.9 Å². The molecule has 0 aliphatic heterocycles. The molecule has 0 saturated heterocycles. The second-order valence-corrected chi connectivity index (χ2v) is 5.28. The number of rotatable bonds is 4. The van der Waals surface area contributed by atoms with Gasteiger partial charge in [0.25, 0.3) is 5.91 Å². The van der Waals surface area contributed by atoms with Crippen molar-refractivity contribution in [2.75, 3.05) is 12.4 Å². The van der Waals surface area contributed by atoms with Crippen molar-refractivity contribution >= 4 is 29.2 Å². The monoisotopic (exact) mass is 332 g/mol. The fourth-order valence-corrected chi connectivity index (χ4v) is 2.28. The van der Waals surface area contributed by atoms with Crippen LogP contribution in [0.15, 0.2) is 42.7 Å². The molecule has 23 heavy (non-hydrogen) atoms. The maximum atomic E-state index is 12.0. The first-order chi connectivity index (χ1) is 11.0. The normalized spacial score (nSPS) is 11.4. The zero-order valence-corrected chi connectivity index (χ0v) is 13.5. The van der Waals surface area contributed by atoms with Gasteiger partial charge in [0.15, 0.2) is 0 Å². The molecule has 0 radical (unpaired) electrons. The third-order valence-electron chi connectivity index (χ3n) is 3.25. The van der Waals surface area contributed by atoms with E-state index in [9.17, 15) is 9.59 Å². The molecule has 7 heteroatoms. The molecule has 0 bridgehead atoms. The van der Waals surface area contributed by atoms with Gasteiger partial charge < -0.3 is 16.0 Å². The molecule has 6 nitrogen and oxygen atoms in total. The SMILES string of the molecule is CNC(=O)c1ccc(NC(=O)NC(C)c2ccncc2)cc1Cl. The molecule has 0 fully saturated rings. The van der Waals surface area contributed by atoms with E-state index in [1.165, 1.54) is 13.1 Å². The Morgan fingerprint density at radius 1 is 1.17 bits per heavy atom. The molecule has 3 N–H and O–H groups in total. The molecule has 0 aliphatic rings. The van der Waals surface area contributed by atoms with Crippen molar-refractivity contribution < 1.29 is 9.59 Å². The third-order valence-corrected chi connectivity index (χ3v) is 3.57. The van der Waals surface area contributed by atoms with Gasteiger partial charge >= 0.3 is 6.03 Å². The summed E-state index contributed by atoms with van der Waals surface area (Å²) in [4.78, 5) is 27.5. The molecular weight excluding hydrogens is 316 g/mol. The highest BCUT2D eigenvalue weighted by molar-refractivity contribution is 6.34. The van der Waals surface area contributed by atoms with Crippen molar-refractivity contribution in [2.24, 2.45) is 0 Å². The standard InChI is InChI=1S/C16H17ClN4O2/c1-10(11-5-7-19-8-6-11)20-16(23)21-12-3-4-13(14(17)9-12)15(22)18-2/h3-10H,1-2H3,(H,18,22)(H2,20,21,23). The summed E-state index contributed by atoms with van der Waals surface area (Å²) in [5.74, 6) is -0.280. The minimum Gasteiger partial charge on any atom is -0.355 e. The van der Waals surface area contributed by atoms with Gasteiger partial charge in [-0.1, -0.05) is 11.6 Å². The van der Waals surface area contributed by atoms with Crippen LogP contribution < -0.4 is 16.0 Å². The second-order valence-electron chi connectivity index (χ2n) is 4.87. The van der Waals surface area contributed by atoms with Crippen LogP contribution in [0.4, 0.5) is 10.5 Å². The zero-order chi connectivity index (χ0) is 16.8. The van der Waals surface area contributed by atoms with Crippen LogP contribution in [0.2, 0.25) is 5.02 Å². The van der Waals surface area contributed by atoms with E-state index in [0.717, 1.165) is 5.56 Å². The fraction of sp³-hybridized carbons (Fsp3) is 0.188. The molecule has 1 heterocycles. The number of nitrogens with one attached hydrogen (secondary N) is 3. The van der Waals surface area contributed by atoms with Gasteiger partial charge in [0, 0.05) is 25.1 Å². The summed E-state index contributed by atoms with van der Waals surface area (Å²) in [7, 11) is 1.53. The maximum absolute atomic E-state index is 12.0. The Hall–Kier alpha value is -2.60. The average molecular weight is 333 g/mol. The van der Waals surface area contributed by atoms with Crippen molar-refractivity contribution in [2.45, 2.75) is 13.0 Å². The largest absolute Gasteiger partial charge is 0.355 e. The molecule has 3 amide bonds. The number of carbonyl (C=O) groups excluding carboxylic acids is 2. The van der Waals surface area contributed by atoms with Gasteiger partial charge in [0.2, 0.25) is 0 Å². The summed E-state index contributed by atoms with van der Waals surface area (Å²) < 4.78 is 0. The van der Waals surface area contributed by atoms with E-state index in [-0.39, 0.29) is 23.0 Å². The van der Waals surface area contributed by atoms with Gasteiger partial charge in [-0.15, -0.1) is 0 Å². The molecule has 1 aromatic carbocycles. The van der Waals surface area contributed by atoms with E-state index in [1.54, 1.807) is 24.5 Å². The topological polar surface area (TPSA) is 83.1 Å². The number of pyridine rings is 1. The maximum Gasteiger partial charge on any atom is 0.319 e. The van der Waals surface area contributed by atoms with E-state index in [1.807, 2.05) is 19.1 Å². The fourth-order valence-electron chi connectivity index (χ4n) is 2.01. The minimum absolute atomic E-state index is 0.168. The lowest BCUT2D eigenvalue weighted by Crippen LogP contribution is -2.31. The Kier molecular flexibility index (Phi) is 5.54. The van der Waals surface area contributed by atoms with Gasteiger partial charge in [-0.05, 0) is 42.8 Å². The number of benzene rings is 1. The van der Waals surface area contributed by atoms with Crippen LogP contribution in [0, 0.1) is 0 Å². The Balaban J connectivity index is 2.00. The first-order valence-corrected chi connectivity index (χ1v) is 7.38. The van der Waals surface area contributed by atoms with Crippen LogP contribution in [0.25, 0.3) is 0 Å². The summed E-state index contributed by atoms with van der Waals surface area (Å²) in [6, 6.07) is 7.84. The van der Waals surface area contributed by atoms with Crippen LogP contribution in [0.5, 0.6) is 0 Å². The van der Waals surface area contributed by atoms with E-state index in [4.69, 9.17) is 11.6 Å². The van der Waals surface area contributed by atoms with Gasteiger partial charge in [-0.25, -0.2) is 4.79 Å². The number of urea groups is 1. The average Bonchev–Trinajstić information content (AvgIpc) is 2.55. The lowest BCUT2D eigenvalue weighted by atomic mass is 10.1. The first-order valence-electron chi connectivity index (χ1n) is 7.00. The van der Waals surface area contributed by atoms with Crippen molar-refractivity contribution in [3.63, 3.8) is 0 Å². The van der Waals surface area contributed by atoms with Crippen LogP contribution in [0.3, 0.4) is 0 Å². The first kappa shape index (κ1) is 16.8. The molecule has 2 aromatic rings. The molecule has 0 aliphatic carbocycles. The molecule has 1 atom stereocenters. The number of aromatic nitrogens is 1. The van der Waals surface area contributed by atoms with Gasteiger partial charge in [0.05, 0.1) is 16.6 Å². The molecule has 1 unspecified atom stereocenters. The summed E-state index contributed by atoms with van der Waals surface area (Å²) in [6.07, 6.45) is 3.34. The number of hydrogen-bond donors (Lipinski definition) is 3. The predicted molar refractivity (Wildman–Crippen MR) is 89.6 cm³/mol. The summed E-state index contributed by atoms with van der Waals surface area (Å²) in [5, 5.41) is 8.26.